The zero-order valence-corrected chi connectivity index (χ0v) is 18.5. The third-order valence-corrected chi connectivity index (χ3v) is 7.61. The van der Waals surface area contributed by atoms with Crippen LogP contribution in [0.1, 0.15) is 38.7 Å². The second kappa shape index (κ2) is 7.95. The molecule has 2 aromatic carbocycles. The van der Waals surface area contributed by atoms with Crippen LogP contribution < -0.4 is 13.9 Å². The first kappa shape index (κ1) is 20.7. The molecule has 1 amide bonds. The average molecular weight is 429 g/mol. The molecule has 6 nitrogen and oxygen atoms in total. The topological polar surface area (TPSA) is 66.9 Å². The van der Waals surface area contributed by atoms with Crippen molar-refractivity contribution < 1.29 is 17.9 Å². The van der Waals surface area contributed by atoms with Crippen LogP contribution in [0.4, 0.5) is 11.4 Å². The first-order chi connectivity index (χ1) is 14.4. The predicted molar refractivity (Wildman–Crippen MR) is 118 cm³/mol. The minimum atomic E-state index is -3.78. The Hall–Kier alpha value is -2.54. The van der Waals surface area contributed by atoms with E-state index < -0.39 is 10.0 Å². The summed E-state index contributed by atoms with van der Waals surface area (Å²) in [7, 11) is -2.24. The molecule has 30 heavy (non-hydrogen) atoms. The summed E-state index contributed by atoms with van der Waals surface area (Å²) >= 11 is 0. The molecule has 7 heteroatoms. The Balaban J connectivity index is 1.72. The van der Waals surface area contributed by atoms with Gasteiger partial charge in [0.25, 0.3) is 10.0 Å². The number of methoxy groups -OCH3 is 1. The van der Waals surface area contributed by atoms with Crippen molar-refractivity contribution in [2.24, 2.45) is 5.92 Å². The fourth-order valence-corrected chi connectivity index (χ4v) is 5.79. The van der Waals surface area contributed by atoms with Crippen LogP contribution in [0.5, 0.6) is 5.75 Å². The van der Waals surface area contributed by atoms with E-state index in [0.717, 1.165) is 24.1 Å². The van der Waals surface area contributed by atoms with E-state index in [4.69, 9.17) is 4.74 Å². The highest BCUT2D eigenvalue weighted by molar-refractivity contribution is 7.92. The SMILES string of the molecule is CCCN(c1ccccc1OC)S(=O)(=O)c1ccc2c(c1)C[C@@H](C)N2C(=O)C1CC1. The molecule has 1 heterocycles. The predicted octanol–water partition coefficient (Wildman–Crippen LogP) is 3.99. The zero-order valence-electron chi connectivity index (χ0n) is 17.7. The number of anilines is 2. The molecule has 1 saturated carbocycles. The number of nitrogens with zero attached hydrogens (tertiary/aromatic N) is 2. The molecule has 1 atom stereocenters. The molecule has 1 fully saturated rings. The van der Waals surface area contributed by atoms with Gasteiger partial charge in [0, 0.05) is 24.2 Å². The van der Waals surface area contributed by atoms with Crippen molar-refractivity contribution in [2.75, 3.05) is 22.9 Å². The number of hydrogen-bond donors (Lipinski definition) is 0. The number of hydrogen-bond acceptors (Lipinski definition) is 4. The molecule has 0 spiro atoms. The Labute approximate surface area is 178 Å². The number of rotatable bonds is 7. The largest absolute Gasteiger partial charge is 0.495 e. The molecule has 2 aliphatic rings. The van der Waals surface area contributed by atoms with E-state index >= 15 is 0 Å². The van der Waals surface area contributed by atoms with Gasteiger partial charge in [-0.05, 0) is 68.5 Å². The summed E-state index contributed by atoms with van der Waals surface area (Å²) in [5.41, 5.74) is 2.29. The molecule has 0 unspecified atom stereocenters. The first-order valence-electron chi connectivity index (χ1n) is 10.5. The molecule has 1 aliphatic carbocycles. The average Bonchev–Trinajstić information content (AvgIpc) is 3.53. The van der Waals surface area contributed by atoms with Crippen molar-refractivity contribution in [1.82, 2.24) is 0 Å². The second-order valence-corrected chi connectivity index (χ2v) is 9.94. The summed E-state index contributed by atoms with van der Waals surface area (Å²) in [4.78, 5) is 14.8. The highest BCUT2D eigenvalue weighted by atomic mass is 32.2. The van der Waals surface area contributed by atoms with Crippen LogP contribution in [0.15, 0.2) is 47.4 Å². The van der Waals surface area contributed by atoms with Gasteiger partial charge in [-0.2, -0.15) is 0 Å². The Bertz CT molecular complexity index is 1060. The van der Waals surface area contributed by atoms with E-state index in [1.165, 1.54) is 11.4 Å². The molecule has 1 aliphatic heterocycles. The minimum absolute atomic E-state index is 0.0482. The summed E-state index contributed by atoms with van der Waals surface area (Å²) in [6, 6.07) is 12.3. The van der Waals surface area contributed by atoms with E-state index in [2.05, 4.69) is 0 Å². The molecule has 0 aromatic heterocycles. The van der Waals surface area contributed by atoms with Gasteiger partial charge in [0.15, 0.2) is 0 Å². The highest BCUT2D eigenvalue weighted by Crippen LogP contribution is 2.40. The Morgan fingerprint density at radius 3 is 2.60 bits per heavy atom. The summed E-state index contributed by atoms with van der Waals surface area (Å²) in [5.74, 6) is 0.816. The van der Waals surface area contributed by atoms with Gasteiger partial charge in [-0.25, -0.2) is 8.42 Å². The van der Waals surface area contributed by atoms with Crippen LogP contribution in [-0.2, 0) is 21.2 Å². The van der Waals surface area contributed by atoms with Crippen LogP contribution in [0, 0.1) is 5.92 Å². The van der Waals surface area contributed by atoms with E-state index in [-0.39, 0.29) is 22.8 Å². The van der Waals surface area contributed by atoms with Gasteiger partial charge in [-0.3, -0.25) is 9.10 Å². The van der Waals surface area contributed by atoms with Crippen LogP contribution in [0.25, 0.3) is 0 Å². The van der Waals surface area contributed by atoms with Crippen LogP contribution >= 0.6 is 0 Å². The number of ether oxygens (including phenoxy) is 1. The lowest BCUT2D eigenvalue weighted by Gasteiger charge is -2.26. The molecule has 0 radical (unpaired) electrons. The molecule has 0 bridgehead atoms. The van der Waals surface area contributed by atoms with Gasteiger partial charge in [0.1, 0.15) is 5.75 Å². The maximum absolute atomic E-state index is 13.6. The van der Waals surface area contributed by atoms with Gasteiger partial charge >= 0.3 is 0 Å². The van der Waals surface area contributed by atoms with Gasteiger partial charge < -0.3 is 9.64 Å². The molecule has 0 N–H and O–H groups in total. The zero-order chi connectivity index (χ0) is 21.5. The lowest BCUT2D eigenvalue weighted by atomic mass is 10.1. The smallest absolute Gasteiger partial charge is 0.264 e. The minimum Gasteiger partial charge on any atom is -0.495 e. The number of fused-ring (bicyclic) bond motifs is 1. The molecule has 0 saturated heterocycles. The fourth-order valence-electron chi connectivity index (χ4n) is 4.17. The lowest BCUT2D eigenvalue weighted by molar-refractivity contribution is -0.120. The second-order valence-electron chi connectivity index (χ2n) is 8.08. The Morgan fingerprint density at radius 2 is 1.93 bits per heavy atom. The summed E-state index contributed by atoms with van der Waals surface area (Å²) in [5, 5.41) is 0. The van der Waals surface area contributed by atoms with E-state index in [0.29, 0.717) is 30.8 Å². The number of carbonyl (C=O) groups is 1. The van der Waals surface area contributed by atoms with Crippen molar-refractivity contribution in [2.45, 2.75) is 50.5 Å². The van der Waals surface area contributed by atoms with Crippen LogP contribution in [-0.4, -0.2) is 34.0 Å². The third-order valence-electron chi connectivity index (χ3n) is 5.80. The number of para-hydroxylation sites is 2. The van der Waals surface area contributed by atoms with Gasteiger partial charge in [0.2, 0.25) is 5.91 Å². The molecule has 160 valence electrons. The summed E-state index contributed by atoms with van der Waals surface area (Å²) < 4.78 is 34.0. The number of carbonyl (C=O) groups excluding carboxylic acids is 1. The van der Waals surface area contributed by atoms with Crippen molar-refractivity contribution >= 4 is 27.3 Å². The molecular weight excluding hydrogens is 400 g/mol. The van der Waals surface area contributed by atoms with Crippen molar-refractivity contribution in [3.63, 3.8) is 0 Å². The maximum atomic E-state index is 13.6. The van der Waals surface area contributed by atoms with E-state index in [1.807, 2.05) is 30.9 Å². The number of benzene rings is 2. The highest BCUT2D eigenvalue weighted by Gasteiger charge is 2.40. The van der Waals surface area contributed by atoms with Gasteiger partial charge in [0.05, 0.1) is 17.7 Å². The fraction of sp³-hybridized carbons (Fsp3) is 0.435. The summed E-state index contributed by atoms with van der Waals surface area (Å²) in [6.07, 6.45) is 3.24. The normalized spacial score (nSPS) is 18.2. The summed E-state index contributed by atoms with van der Waals surface area (Å²) in [6.45, 7) is 4.32. The van der Waals surface area contributed by atoms with Crippen molar-refractivity contribution in [1.29, 1.82) is 0 Å². The number of amides is 1. The van der Waals surface area contributed by atoms with Crippen molar-refractivity contribution in [3.05, 3.63) is 48.0 Å². The van der Waals surface area contributed by atoms with Crippen LogP contribution in [0.2, 0.25) is 0 Å². The molecule has 4 rings (SSSR count). The van der Waals surface area contributed by atoms with Gasteiger partial charge in [-0.15, -0.1) is 0 Å². The number of sulfonamides is 1. The quantitative estimate of drug-likeness (QED) is 0.669. The monoisotopic (exact) mass is 428 g/mol. The van der Waals surface area contributed by atoms with E-state index in [1.54, 1.807) is 30.3 Å². The Morgan fingerprint density at radius 1 is 1.20 bits per heavy atom. The molecule has 2 aromatic rings. The first-order valence-corrected chi connectivity index (χ1v) is 11.9. The Kier molecular flexibility index (Phi) is 5.49. The molecular formula is C23H28N2O4S. The van der Waals surface area contributed by atoms with Crippen LogP contribution in [0.3, 0.4) is 0 Å². The lowest BCUT2D eigenvalue weighted by Crippen LogP contribution is -2.36. The maximum Gasteiger partial charge on any atom is 0.264 e. The van der Waals surface area contributed by atoms with E-state index in [9.17, 15) is 13.2 Å². The standard InChI is InChI=1S/C23H28N2O4S/c1-4-13-24(21-7-5-6-8-22(21)29-3)30(27,28)19-11-12-20-18(15-19)14-16(2)25(20)23(26)17-9-10-17/h5-8,11-12,15-17H,4,9-10,13-14H2,1-3H3/t16-/m1/s1. The third kappa shape index (κ3) is 3.55. The van der Waals surface area contributed by atoms with Gasteiger partial charge in [-0.1, -0.05) is 19.1 Å². The van der Waals surface area contributed by atoms with Crippen molar-refractivity contribution in [3.8, 4) is 5.75 Å².